The van der Waals surface area contributed by atoms with Crippen molar-refractivity contribution in [3.63, 3.8) is 0 Å². The molecule has 5 aromatic carbocycles. The molecule has 0 fully saturated rings. The molecule has 0 saturated carbocycles. The van der Waals surface area contributed by atoms with Crippen molar-refractivity contribution in [2.75, 3.05) is 0 Å². The van der Waals surface area contributed by atoms with Gasteiger partial charge in [0.1, 0.15) is 0 Å². The van der Waals surface area contributed by atoms with Crippen LogP contribution in [0.25, 0.3) is 48.1 Å². The molecule has 0 aliphatic rings. The zero-order valence-electron chi connectivity index (χ0n) is 11.7. The minimum Gasteiger partial charge on any atom is -0.0610 e. The molecule has 0 amide bonds. The lowest BCUT2D eigenvalue weighted by atomic mass is 9.89. The Kier molecular flexibility index (Phi) is 2.05. The standard InChI is InChI=1S/C20H11N2/c21-22-17-11-10-13-6-2-8-15-14-7-1-4-12-5-3-9-16(18(12)14)20(17)19(13)15/h1-11H/q+1. The summed E-state index contributed by atoms with van der Waals surface area (Å²) >= 11 is 0. The summed E-state index contributed by atoms with van der Waals surface area (Å²) in [5.41, 5.74) is 0.627. The molecule has 0 atom stereocenters. The van der Waals surface area contributed by atoms with Crippen LogP contribution in [-0.2, 0) is 0 Å². The van der Waals surface area contributed by atoms with Gasteiger partial charge in [-0.2, -0.15) is 0 Å². The number of hydrogen-bond acceptors (Lipinski definition) is 1. The van der Waals surface area contributed by atoms with E-state index in [1.54, 1.807) is 0 Å². The topological polar surface area (TPSA) is 28.1 Å². The molecule has 100 valence electrons. The number of diazo groups is 1. The normalized spacial score (nSPS) is 11.6. The SMILES string of the molecule is N#[N+]c1ccc2cccc3c4cccc5cccc(c1c23)c54. The Morgan fingerprint density at radius 1 is 0.545 bits per heavy atom. The van der Waals surface area contributed by atoms with Crippen molar-refractivity contribution in [2.45, 2.75) is 0 Å². The molecule has 0 radical (unpaired) electrons. The summed E-state index contributed by atoms with van der Waals surface area (Å²) in [4.78, 5) is 3.53. The van der Waals surface area contributed by atoms with Crippen LogP contribution >= 0.6 is 0 Å². The van der Waals surface area contributed by atoms with Gasteiger partial charge in [0.15, 0.2) is 4.98 Å². The first-order valence-corrected chi connectivity index (χ1v) is 7.32. The van der Waals surface area contributed by atoms with Gasteiger partial charge in [0.25, 0.3) is 0 Å². The second-order valence-electron chi connectivity index (χ2n) is 5.67. The minimum absolute atomic E-state index is 0.627. The average Bonchev–Trinajstić information content (AvgIpc) is 2.59. The summed E-state index contributed by atoms with van der Waals surface area (Å²) in [6, 6.07) is 23.0. The van der Waals surface area contributed by atoms with Crippen molar-refractivity contribution in [1.29, 1.82) is 5.39 Å². The van der Waals surface area contributed by atoms with Gasteiger partial charge < -0.3 is 0 Å². The van der Waals surface area contributed by atoms with E-state index in [-0.39, 0.29) is 0 Å². The summed E-state index contributed by atoms with van der Waals surface area (Å²) < 4.78 is 0. The van der Waals surface area contributed by atoms with E-state index in [1.807, 2.05) is 12.1 Å². The largest absolute Gasteiger partial charge is 0.393 e. The van der Waals surface area contributed by atoms with E-state index >= 15 is 0 Å². The Morgan fingerprint density at radius 3 is 1.82 bits per heavy atom. The first-order chi connectivity index (χ1) is 10.9. The van der Waals surface area contributed by atoms with Crippen LogP contribution in [0.2, 0.25) is 0 Å². The Morgan fingerprint density at radius 2 is 1.14 bits per heavy atom. The molecule has 5 rings (SSSR count). The highest BCUT2D eigenvalue weighted by atomic mass is 14.8. The van der Waals surface area contributed by atoms with E-state index in [4.69, 9.17) is 0 Å². The van der Waals surface area contributed by atoms with Gasteiger partial charge in [-0.1, -0.05) is 54.6 Å². The molecular weight excluding hydrogens is 268 g/mol. The third-order valence-corrected chi connectivity index (χ3v) is 4.60. The van der Waals surface area contributed by atoms with Gasteiger partial charge in [0, 0.05) is 11.5 Å². The maximum atomic E-state index is 9.45. The van der Waals surface area contributed by atoms with Crippen LogP contribution in [0.1, 0.15) is 0 Å². The molecule has 0 unspecified atom stereocenters. The van der Waals surface area contributed by atoms with Crippen molar-refractivity contribution < 1.29 is 0 Å². The predicted molar refractivity (Wildman–Crippen MR) is 92.4 cm³/mol. The van der Waals surface area contributed by atoms with Crippen LogP contribution in [0.15, 0.2) is 66.7 Å². The van der Waals surface area contributed by atoms with Crippen molar-refractivity contribution in [3.8, 4) is 0 Å². The zero-order valence-corrected chi connectivity index (χ0v) is 11.7. The lowest BCUT2D eigenvalue weighted by Crippen LogP contribution is -1.86. The van der Waals surface area contributed by atoms with E-state index in [9.17, 15) is 5.39 Å². The van der Waals surface area contributed by atoms with Crippen molar-refractivity contribution in [1.82, 2.24) is 0 Å². The van der Waals surface area contributed by atoms with Crippen molar-refractivity contribution >= 4 is 48.8 Å². The van der Waals surface area contributed by atoms with Crippen LogP contribution < -0.4 is 0 Å². The van der Waals surface area contributed by atoms with E-state index in [1.165, 1.54) is 32.3 Å². The highest BCUT2D eigenvalue weighted by Crippen LogP contribution is 2.43. The predicted octanol–water partition coefficient (Wildman–Crippen LogP) is 6.22. The molecule has 2 heteroatoms. The molecule has 0 aliphatic carbocycles. The molecule has 0 saturated heterocycles. The van der Waals surface area contributed by atoms with Crippen LogP contribution in [0, 0.1) is 5.39 Å². The second kappa shape index (κ2) is 3.93. The molecule has 0 aliphatic heterocycles. The average molecular weight is 279 g/mol. The first-order valence-electron chi connectivity index (χ1n) is 7.32. The summed E-state index contributed by atoms with van der Waals surface area (Å²) in [7, 11) is 0. The minimum atomic E-state index is 0.627. The van der Waals surface area contributed by atoms with Crippen molar-refractivity contribution in [2.24, 2.45) is 0 Å². The van der Waals surface area contributed by atoms with E-state index in [0.717, 1.165) is 10.8 Å². The van der Waals surface area contributed by atoms with Gasteiger partial charge in [0.05, 0.1) is 5.39 Å². The lowest BCUT2D eigenvalue weighted by Gasteiger charge is -2.12. The monoisotopic (exact) mass is 279 g/mol. The highest BCUT2D eigenvalue weighted by Gasteiger charge is 2.20. The third-order valence-electron chi connectivity index (χ3n) is 4.60. The smallest absolute Gasteiger partial charge is 0.0610 e. The van der Waals surface area contributed by atoms with Gasteiger partial charge in [-0.15, -0.1) is 0 Å². The van der Waals surface area contributed by atoms with E-state index in [2.05, 4.69) is 59.6 Å². The molecule has 0 bridgehead atoms. The third kappa shape index (κ3) is 1.26. The number of fused-ring (bicyclic) bond motifs is 2. The van der Waals surface area contributed by atoms with E-state index < -0.39 is 0 Å². The number of hydrogen-bond donors (Lipinski definition) is 0. The molecule has 2 nitrogen and oxygen atoms in total. The lowest BCUT2D eigenvalue weighted by molar-refractivity contribution is 1.47. The van der Waals surface area contributed by atoms with Crippen LogP contribution in [0.4, 0.5) is 5.69 Å². The van der Waals surface area contributed by atoms with E-state index in [0.29, 0.717) is 5.69 Å². The van der Waals surface area contributed by atoms with Crippen LogP contribution in [0.5, 0.6) is 0 Å². The fourth-order valence-electron chi connectivity index (χ4n) is 3.72. The molecule has 5 aromatic rings. The first kappa shape index (κ1) is 11.5. The Balaban J connectivity index is 2.32. The number of benzene rings is 5. The van der Waals surface area contributed by atoms with Gasteiger partial charge in [-0.05, 0) is 38.4 Å². The molecular formula is C20H11N2+. The molecule has 0 N–H and O–H groups in total. The summed E-state index contributed by atoms with van der Waals surface area (Å²) in [6.07, 6.45) is 0. The number of rotatable bonds is 0. The maximum absolute atomic E-state index is 9.45. The van der Waals surface area contributed by atoms with Crippen LogP contribution in [0.3, 0.4) is 0 Å². The van der Waals surface area contributed by atoms with Gasteiger partial charge in [-0.3, -0.25) is 0 Å². The summed E-state index contributed by atoms with van der Waals surface area (Å²) in [5.74, 6) is 0. The Labute approximate surface area is 126 Å². The van der Waals surface area contributed by atoms with Crippen molar-refractivity contribution in [3.05, 3.63) is 71.7 Å². The van der Waals surface area contributed by atoms with Gasteiger partial charge in [0.2, 0.25) is 5.39 Å². The zero-order chi connectivity index (χ0) is 14.7. The quantitative estimate of drug-likeness (QED) is 0.188. The maximum Gasteiger partial charge on any atom is 0.393 e. The molecule has 0 spiro atoms. The number of nitrogens with zero attached hydrogens (tertiary/aromatic N) is 2. The fraction of sp³-hybridized carbons (Fsp3) is 0. The van der Waals surface area contributed by atoms with Crippen LogP contribution in [-0.4, -0.2) is 0 Å². The van der Waals surface area contributed by atoms with Gasteiger partial charge in [-0.25, -0.2) is 0 Å². The second-order valence-corrected chi connectivity index (χ2v) is 5.67. The Hall–Kier alpha value is -3.18. The summed E-state index contributed by atoms with van der Waals surface area (Å²) in [5, 5.41) is 18.9. The van der Waals surface area contributed by atoms with Gasteiger partial charge >= 0.3 is 5.69 Å². The summed E-state index contributed by atoms with van der Waals surface area (Å²) in [6.45, 7) is 0. The fourth-order valence-corrected chi connectivity index (χ4v) is 3.72. The Bertz CT molecular complexity index is 1220. The molecule has 0 heterocycles. The molecule has 0 aromatic heterocycles. The highest BCUT2D eigenvalue weighted by molar-refractivity contribution is 6.35. The molecule has 22 heavy (non-hydrogen) atoms.